The average molecular weight is 368 g/mol. The highest BCUT2D eigenvalue weighted by atomic mass is 35.5. The molecule has 2 saturated heterocycles. The van der Waals surface area contributed by atoms with Crippen LogP contribution in [0.5, 0.6) is 0 Å². The number of fused-ring (bicyclic) bond motifs is 3. The van der Waals surface area contributed by atoms with Crippen molar-refractivity contribution in [3.05, 3.63) is 53.0 Å². The minimum atomic E-state index is -3.87. The summed E-state index contributed by atoms with van der Waals surface area (Å²) in [5.74, 6) is 2.01. The summed E-state index contributed by atoms with van der Waals surface area (Å²) < 4.78 is 36.0. The molecule has 0 spiro atoms. The van der Waals surface area contributed by atoms with Crippen molar-refractivity contribution in [3.63, 3.8) is 0 Å². The zero-order valence-electron chi connectivity index (χ0n) is 12.9. The lowest BCUT2D eigenvalue weighted by Gasteiger charge is -2.26. The summed E-state index contributed by atoms with van der Waals surface area (Å²) in [6.07, 6.45) is 5.57. The van der Waals surface area contributed by atoms with Gasteiger partial charge in [0.25, 0.3) is 0 Å². The lowest BCUT2D eigenvalue weighted by Crippen LogP contribution is -2.39. The molecule has 1 N–H and O–H groups in total. The van der Waals surface area contributed by atoms with Crippen LogP contribution < -0.4 is 5.32 Å². The molecular formula is C17H18ClNO4S. The van der Waals surface area contributed by atoms with E-state index >= 15 is 0 Å². The number of piperidine rings is 1. The van der Waals surface area contributed by atoms with E-state index in [1.807, 2.05) is 6.08 Å². The van der Waals surface area contributed by atoms with Crippen molar-refractivity contribution in [2.45, 2.75) is 23.8 Å². The molecule has 0 radical (unpaired) electrons. The van der Waals surface area contributed by atoms with E-state index in [2.05, 4.69) is 5.32 Å². The number of rotatable bonds is 3. The molecule has 0 amide bonds. The minimum absolute atomic E-state index is 0.0820. The third-order valence-electron chi connectivity index (χ3n) is 4.81. The van der Waals surface area contributed by atoms with Crippen LogP contribution >= 0.6 is 11.6 Å². The molecule has 2 fully saturated rings. The Morgan fingerprint density at radius 1 is 1.25 bits per heavy atom. The maximum Gasteiger partial charge on any atom is 0.339 e. The summed E-state index contributed by atoms with van der Waals surface area (Å²) in [7, 11) is -3.87. The summed E-state index contributed by atoms with van der Waals surface area (Å²) in [5, 5.41) is 3.81. The number of nitrogens with one attached hydrogen (secondary N) is 1. The van der Waals surface area contributed by atoms with Gasteiger partial charge >= 0.3 is 10.1 Å². The molecule has 0 aromatic heterocycles. The van der Waals surface area contributed by atoms with E-state index in [4.69, 9.17) is 20.5 Å². The molecular weight excluding hydrogens is 350 g/mol. The zero-order valence-corrected chi connectivity index (χ0v) is 14.5. The Labute approximate surface area is 146 Å². The van der Waals surface area contributed by atoms with Gasteiger partial charge in [-0.3, -0.25) is 0 Å². The molecule has 7 heteroatoms. The van der Waals surface area contributed by atoms with Crippen molar-refractivity contribution in [2.24, 2.45) is 11.8 Å². The van der Waals surface area contributed by atoms with Gasteiger partial charge in [0.1, 0.15) is 22.5 Å². The van der Waals surface area contributed by atoms with Gasteiger partial charge in [0.05, 0.1) is 0 Å². The van der Waals surface area contributed by atoms with Gasteiger partial charge in [0.15, 0.2) is 0 Å². The van der Waals surface area contributed by atoms with Crippen LogP contribution in [0.2, 0.25) is 5.02 Å². The number of allylic oxidation sites excluding steroid dienone is 3. The Hall–Kier alpha value is -1.50. The molecule has 128 valence electrons. The van der Waals surface area contributed by atoms with Gasteiger partial charge in [-0.15, -0.1) is 0 Å². The molecule has 2 heterocycles. The van der Waals surface area contributed by atoms with Gasteiger partial charge in [-0.25, -0.2) is 0 Å². The van der Waals surface area contributed by atoms with E-state index in [0.29, 0.717) is 22.6 Å². The zero-order chi connectivity index (χ0) is 16.7. The van der Waals surface area contributed by atoms with Gasteiger partial charge in [-0.05, 0) is 49.7 Å². The number of halogens is 1. The molecule has 1 aromatic rings. The van der Waals surface area contributed by atoms with Crippen molar-refractivity contribution in [1.29, 1.82) is 0 Å². The highest BCUT2D eigenvalue weighted by molar-refractivity contribution is 7.86. The predicted octanol–water partition coefficient (Wildman–Crippen LogP) is 2.84. The molecule has 3 unspecified atom stereocenters. The fraction of sp³-hybridized carbons (Fsp3) is 0.412. The molecule has 1 aliphatic carbocycles. The van der Waals surface area contributed by atoms with Crippen LogP contribution in [0, 0.1) is 11.8 Å². The predicted molar refractivity (Wildman–Crippen MR) is 89.8 cm³/mol. The van der Waals surface area contributed by atoms with Crippen LogP contribution in [0.4, 0.5) is 0 Å². The van der Waals surface area contributed by atoms with Gasteiger partial charge in [0, 0.05) is 29.5 Å². The van der Waals surface area contributed by atoms with E-state index in [0.717, 1.165) is 31.7 Å². The number of hydrogen-bond donors (Lipinski definition) is 1. The molecule has 24 heavy (non-hydrogen) atoms. The van der Waals surface area contributed by atoms with Gasteiger partial charge in [-0.2, -0.15) is 8.42 Å². The highest BCUT2D eigenvalue weighted by Gasteiger charge is 2.43. The first-order valence-electron chi connectivity index (χ1n) is 8.02. The first-order valence-corrected chi connectivity index (χ1v) is 9.81. The van der Waals surface area contributed by atoms with E-state index in [1.54, 1.807) is 6.08 Å². The average Bonchev–Trinajstić information content (AvgIpc) is 2.92. The van der Waals surface area contributed by atoms with Gasteiger partial charge < -0.3 is 14.2 Å². The first kappa shape index (κ1) is 16.0. The van der Waals surface area contributed by atoms with Gasteiger partial charge in [0.2, 0.25) is 0 Å². The molecule has 3 aliphatic rings. The van der Waals surface area contributed by atoms with Crippen LogP contribution in [-0.2, 0) is 19.0 Å². The maximum absolute atomic E-state index is 12.4. The van der Waals surface area contributed by atoms with Crippen molar-refractivity contribution in [3.8, 4) is 0 Å². The molecule has 0 bridgehead atoms. The van der Waals surface area contributed by atoms with Crippen LogP contribution in [0.1, 0.15) is 12.8 Å². The van der Waals surface area contributed by atoms with Crippen molar-refractivity contribution >= 4 is 21.7 Å². The Morgan fingerprint density at radius 3 is 2.83 bits per heavy atom. The van der Waals surface area contributed by atoms with E-state index in [9.17, 15) is 8.42 Å². The Bertz CT molecular complexity index is 800. The SMILES string of the molecule is O=S(=O)(OC1=CCC2C(=C1)OC1CNCCC12)c1ccc(Cl)cc1. The van der Waals surface area contributed by atoms with Crippen molar-refractivity contribution < 1.29 is 17.3 Å². The second-order valence-electron chi connectivity index (χ2n) is 6.30. The normalized spacial score (nSPS) is 29.0. The molecule has 2 aliphatic heterocycles. The second-order valence-corrected chi connectivity index (χ2v) is 8.28. The van der Waals surface area contributed by atoms with E-state index < -0.39 is 10.1 Å². The molecule has 3 atom stereocenters. The summed E-state index contributed by atoms with van der Waals surface area (Å²) in [4.78, 5) is 0.0820. The quantitative estimate of drug-likeness (QED) is 0.832. The Morgan fingerprint density at radius 2 is 2.04 bits per heavy atom. The summed E-state index contributed by atoms with van der Waals surface area (Å²) in [5.41, 5.74) is 0. The Kier molecular flexibility index (Phi) is 4.06. The fourth-order valence-corrected chi connectivity index (χ4v) is 4.68. The monoisotopic (exact) mass is 367 g/mol. The minimum Gasteiger partial charge on any atom is -0.493 e. The standard InChI is InChI=1S/C17H18ClNO4S/c18-11-1-4-13(5-2-11)24(20,21)23-12-3-6-14-15-7-8-19-10-17(15)22-16(14)9-12/h1-5,9,14-15,17,19H,6-8,10H2. The second kappa shape index (κ2) is 6.10. The van der Waals surface area contributed by atoms with Crippen molar-refractivity contribution in [2.75, 3.05) is 13.1 Å². The molecule has 5 nitrogen and oxygen atoms in total. The van der Waals surface area contributed by atoms with Crippen LogP contribution in [0.15, 0.2) is 52.8 Å². The molecule has 1 aromatic carbocycles. The summed E-state index contributed by atoms with van der Waals surface area (Å²) in [6, 6.07) is 5.92. The topological polar surface area (TPSA) is 64.6 Å². The number of hydrogen-bond acceptors (Lipinski definition) is 5. The van der Waals surface area contributed by atoms with Gasteiger partial charge in [-0.1, -0.05) is 11.6 Å². The summed E-state index contributed by atoms with van der Waals surface area (Å²) in [6.45, 7) is 1.85. The third kappa shape index (κ3) is 2.94. The number of ether oxygens (including phenoxy) is 1. The first-order chi connectivity index (χ1) is 11.5. The van der Waals surface area contributed by atoms with E-state index in [-0.39, 0.29) is 11.0 Å². The number of benzene rings is 1. The fourth-order valence-electron chi connectivity index (χ4n) is 3.62. The van der Waals surface area contributed by atoms with Crippen molar-refractivity contribution in [1.82, 2.24) is 5.32 Å². The smallest absolute Gasteiger partial charge is 0.339 e. The molecule has 0 saturated carbocycles. The van der Waals surface area contributed by atoms with E-state index in [1.165, 1.54) is 24.3 Å². The molecule has 4 rings (SSSR count). The van der Waals surface area contributed by atoms with Crippen LogP contribution in [0.25, 0.3) is 0 Å². The largest absolute Gasteiger partial charge is 0.493 e. The third-order valence-corrected chi connectivity index (χ3v) is 6.33. The summed E-state index contributed by atoms with van der Waals surface area (Å²) >= 11 is 5.80. The lowest BCUT2D eigenvalue weighted by atomic mass is 9.81. The lowest BCUT2D eigenvalue weighted by molar-refractivity contribution is 0.108. The van der Waals surface area contributed by atoms with Crippen LogP contribution in [-0.4, -0.2) is 27.6 Å². The maximum atomic E-state index is 12.4. The van der Waals surface area contributed by atoms with Crippen LogP contribution in [0.3, 0.4) is 0 Å². The Balaban J connectivity index is 1.52. The highest BCUT2D eigenvalue weighted by Crippen LogP contribution is 2.44.